The fourth-order valence-electron chi connectivity index (χ4n) is 6.39. The predicted molar refractivity (Wildman–Crippen MR) is 154 cm³/mol. The number of hydrogen-bond donors (Lipinski definition) is 0. The fraction of sp³-hybridized carbons (Fsp3) is 0. The molecule has 0 N–H and O–H groups in total. The zero-order valence-electron chi connectivity index (χ0n) is 19.8. The lowest BCUT2D eigenvalue weighted by Gasteiger charge is -2.13. The van der Waals surface area contributed by atoms with Gasteiger partial charge < -0.3 is 0 Å². The third-order valence-corrected chi connectivity index (χ3v) is 7.91. The van der Waals surface area contributed by atoms with Crippen LogP contribution < -0.4 is 0 Å². The van der Waals surface area contributed by atoms with Crippen molar-refractivity contribution in [3.8, 4) is 17.2 Å². The van der Waals surface area contributed by atoms with Gasteiger partial charge in [-0.1, -0.05) is 97.1 Å². The molecular formula is C34H19N3. The zero-order chi connectivity index (χ0) is 24.1. The maximum Gasteiger partial charge on any atom is 0.235 e. The highest BCUT2D eigenvalue weighted by molar-refractivity contribution is 6.40. The maximum atomic E-state index is 5.23. The lowest BCUT2D eigenvalue weighted by Crippen LogP contribution is -2.03. The molecule has 3 nitrogen and oxygen atoms in total. The molecule has 0 unspecified atom stereocenters. The van der Waals surface area contributed by atoms with Crippen molar-refractivity contribution in [3.05, 3.63) is 115 Å². The molecule has 0 radical (unpaired) electrons. The summed E-state index contributed by atoms with van der Waals surface area (Å²) in [6.07, 6.45) is 0. The minimum absolute atomic E-state index is 0.701. The van der Waals surface area contributed by atoms with Gasteiger partial charge in [0.25, 0.3) is 0 Å². The first-order valence-electron chi connectivity index (χ1n) is 12.6. The molecule has 0 fully saturated rings. The quantitative estimate of drug-likeness (QED) is 0.187. The Hall–Kier alpha value is -5.02. The molecule has 0 amide bonds. The average molecular weight is 470 g/mol. The largest absolute Gasteiger partial charge is 0.278 e. The van der Waals surface area contributed by atoms with Crippen molar-refractivity contribution < 1.29 is 0 Å². The molecule has 0 aliphatic rings. The topological polar surface area (TPSA) is 30.7 Å². The van der Waals surface area contributed by atoms with Crippen LogP contribution in [-0.2, 0) is 0 Å². The van der Waals surface area contributed by atoms with Gasteiger partial charge in [0.2, 0.25) is 5.95 Å². The van der Waals surface area contributed by atoms with Crippen LogP contribution in [0.3, 0.4) is 0 Å². The van der Waals surface area contributed by atoms with Crippen molar-refractivity contribution in [3.63, 3.8) is 0 Å². The highest BCUT2D eigenvalue weighted by Crippen LogP contribution is 2.46. The number of aromatic nitrogens is 3. The molecular weight excluding hydrogens is 450 g/mol. The van der Waals surface area contributed by atoms with Crippen LogP contribution in [0, 0.1) is 0 Å². The van der Waals surface area contributed by atoms with Gasteiger partial charge in [-0.2, -0.15) is 0 Å². The standard InChI is InChI=1S/C34H19N3/c1-2-8-22(9-3-1)33-25-11-4-5-14-26(25)35-34(36-33)37-27-15-7-13-24-23-12-6-10-20-16-17-21-18-19-28(37)32(31(24)27)30(21)29(20)23/h1-19H. The molecule has 170 valence electrons. The molecule has 7 aromatic carbocycles. The maximum absolute atomic E-state index is 5.23. The van der Waals surface area contributed by atoms with Crippen LogP contribution >= 0.6 is 0 Å². The number of nitrogens with zero attached hydrogens (tertiary/aromatic N) is 3. The molecule has 2 heterocycles. The van der Waals surface area contributed by atoms with Crippen molar-refractivity contribution in [1.82, 2.24) is 14.5 Å². The fourth-order valence-corrected chi connectivity index (χ4v) is 6.39. The highest BCUT2D eigenvalue weighted by atomic mass is 15.2. The van der Waals surface area contributed by atoms with E-state index in [4.69, 9.17) is 9.97 Å². The van der Waals surface area contributed by atoms with E-state index < -0.39 is 0 Å². The first-order valence-corrected chi connectivity index (χ1v) is 12.6. The van der Waals surface area contributed by atoms with E-state index in [9.17, 15) is 0 Å². The summed E-state index contributed by atoms with van der Waals surface area (Å²) in [6, 6.07) is 41.0. The molecule has 2 aromatic heterocycles. The monoisotopic (exact) mass is 469 g/mol. The van der Waals surface area contributed by atoms with Crippen molar-refractivity contribution in [2.45, 2.75) is 0 Å². The van der Waals surface area contributed by atoms with Gasteiger partial charge in [-0.25, -0.2) is 9.97 Å². The van der Waals surface area contributed by atoms with Crippen molar-refractivity contribution in [2.75, 3.05) is 0 Å². The van der Waals surface area contributed by atoms with Gasteiger partial charge in [-0.05, 0) is 45.1 Å². The first kappa shape index (κ1) is 19.2. The second-order valence-corrected chi connectivity index (χ2v) is 9.82. The summed E-state index contributed by atoms with van der Waals surface area (Å²) in [7, 11) is 0. The summed E-state index contributed by atoms with van der Waals surface area (Å²) >= 11 is 0. The SMILES string of the molecule is c1ccc(-c2nc(-n3c4cccc5c6cccc7ccc8ccc3c(c8c76)c54)nc3ccccc23)cc1. The molecule has 0 saturated heterocycles. The van der Waals surface area contributed by atoms with Gasteiger partial charge in [-0.15, -0.1) is 0 Å². The van der Waals surface area contributed by atoms with Gasteiger partial charge in [0.1, 0.15) is 0 Å². The van der Waals surface area contributed by atoms with Crippen LogP contribution in [0.25, 0.3) is 82.2 Å². The Morgan fingerprint density at radius 2 is 1.11 bits per heavy atom. The van der Waals surface area contributed by atoms with Crippen molar-refractivity contribution in [2.24, 2.45) is 0 Å². The summed E-state index contributed by atoms with van der Waals surface area (Å²) < 4.78 is 2.26. The van der Waals surface area contributed by atoms with Gasteiger partial charge in [0.05, 0.1) is 22.2 Å². The Balaban J connectivity index is 1.51. The van der Waals surface area contributed by atoms with Crippen LogP contribution in [0.1, 0.15) is 0 Å². The number of para-hydroxylation sites is 1. The zero-order valence-corrected chi connectivity index (χ0v) is 19.8. The van der Waals surface area contributed by atoms with Gasteiger partial charge in [0, 0.05) is 27.1 Å². The third-order valence-electron chi connectivity index (χ3n) is 7.91. The average Bonchev–Trinajstić information content (AvgIpc) is 3.31. The second kappa shape index (κ2) is 6.80. The Labute approximate surface area is 211 Å². The van der Waals surface area contributed by atoms with E-state index in [1.165, 1.54) is 43.1 Å². The first-order chi connectivity index (χ1) is 18.4. The molecule has 37 heavy (non-hydrogen) atoms. The van der Waals surface area contributed by atoms with Crippen LogP contribution in [0.5, 0.6) is 0 Å². The summed E-state index contributed by atoms with van der Waals surface area (Å²) in [5, 5.41) is 11.4. The molecule has 0 saturated carbocycles. The molecule has 3 heteroatoms. The Morgan fingerprint density at radius 3 is 2.00 bits per heavy atom. The lowest BCUT2D eigenvalue weighted by molar-refractivity contribution is 1.01. The molecule has 0 aliphatic carbocycles. The van der Waals surface area contributed by atoms with E-state index in [0.717, 1.165) is 33.2 Å². The summed E-state index contributed by atoms with van der Waals surface area (Å²) in [5.74, 6) is 0.701. The number of rotatable bonds is 2. The number of hydrogen-bond acceptors (Lipinski definition) is 2. The second-order valence-electron chi connectivity index (χ2n) is 9.82. The smallest absolute Gasteiger partial charge is 0.235 e. The van der Waals surface area contributed by atoms with Crippen LogP contribution in [0.15, 0.2) is 115 Å². The van der Waals surface area contributed by atoms with E-state index in [-0.39, 0.29) is 0 Å². The normalized spacial score (nSPS) is 12.3. The molecule has 0 spiro atoms. The number of benzene rings is 7. The number of fused-ring (bicyclic) bond motifs is 2. The predicted octanol–water partition coefficient (Wildman–Crippen LogP) is 8.73. The minimum atomic E-state index is 0.701. The summed E-state index contributed by atoms with van der Waals surface area (Å²) in [4.78, 5) is 10.4. The van der Waals surface area contributed by atoms with Gasteiger partial charge >= 0.3 is 0 Å². The van der Waals surface area contributed by atoms with E-state index in [0.29, 0.717) is 5.95 Å². The Morgan fingerprint density at radius 1 is 0.432 bits per heavy atom. The van der Waals surface area contributed by atoms with E-state index in [1.54, 1.807) is 0 Å². The molecule has 0 atom stereocenters. The summed E-state index contributed by atoms with van der Waals surface area (Å²) in [5.41, 5.74) is 5.27. The van der Waals surface area contributed by atoms with Crippen molar-refractivity contribution >= 4 is 65.0 Å². The van der Waals surface area contributed by atoms with Crippen LogP contribution in [-0.4, -0.2) is 14.5 Å². The van der Waals surface area contributed by atoms with Crippen LogP contribution in [0.2, 0.25) is 0 Å². The molecule has 0 aliphatic heterocycles. The molecule has 9 rings (SSSR count). The van der Waals surface area contributed by atoms with E-state index in [1.807, 2.05) is 12.1 Å². The highest BCUT2D eigenvalue weighted by Gasteiger charge is 2.23. The third kappa shape index (κ3) is 2.41. The minimum Gasteiger partial charge on any atom is -0.278 e. The molecule has 9 aromatic rings. The lowest BCUT2D eigenvalue weighted by atomic mass is 9.89. The van der Waals surface area contributed by atoms with Crippen molar-refractivity contribution in [1.29, 1.82) is 0 Å². The Kier molecular flexibility index (Phi) is 3.53. The van der Waals surface area contributed by atoms with E-state index in [2.05, 4.69) is 108 Å². The molecule has 0 bridgehead atoms. The van der Waals surface area contributed by atoms with Gasteiger partial charge in [0.15, 0.2) is 0 Å². The van der Waals surface area contributed by atoms with Gasteiger partial charge in [-0.3, -0.25) is 4.57 Å². The summed E-state index contributed by atoms with van der Waals surface area (Å²) in [6.45, 7) is 0. The Bertz CT molecular complexity index is 2290. The van der Waals surface area contributed by atoms with Crippen LogP contribution in [0.4, 0.5) is 0 Å². The van der Waals surface area contributed by atoms with E-state index >= 15 is 0 Å².